The number of hydrogen-bond acceptors (Lipinski definition) is 4. The summed E-state index contributed by atoms with van der Waals surface area (Å²) in [7, 11) is 0. The Morgan fingerprint density at radius 3 is 2.09 bits per heavy atom. The van der Waals surface area contributed by atoms with Crippen LogP contribution in [0, 0.1) is 0 Å². The van der Waals surface area contributed by atoms with Crippen LogP contribution in [-0.4, -0.2) is 30.1 Å². The SMILES string of the molecule is OC1(c2ccc(C3=NOC(c4cc(Cl)c(Cl)c(C(F)(F)F)c4)(C(F)(F)F)C3)cc2)CNC1. The van der Waals surface area contributed by atoms with Gasteiger partial charge in [-0.05, 0) is 23.3 Å². The average Bonchev–Trinajstić information content (AvgIpc) is 3.14. The van der Waals surface area contributed by atoms with Crippen LogP contribution in [0.25, 0.3) is 0 Å². The number of rotatable bonds is 3. The summed E-state index contributed by atoms with van der Waals surface area (Å²) >= 11 is 11.3. The van der Waals surface area contributed by atoms with Crippen molar-refractivity contribution in [3.05, 3.63) is 68.7 Å². The van der Waals surface area contributed by atoms with Crippen LogP contribution >= 0.6 is 23.2 Å². The van der Waals surface area contributed by atoms with E-state index in [2.05, 4.69) is 10.5 Å². The van der Waals surface area contributed by atoms with E-state index in [1.165, 1.54) is 12.1 Å². The maximum atomic E-state index is 14.1. The molecule has 2 aromatic rings. The van der Waals surface area contributed by atoms with Crippen LogP contribution in [0.1, 0.15) is 28.7 Å². The minimum Gasteiger partial charge on any atom is -0.382 e. The zero-order chi connectivity index (χ0) is 23.5. The lowest BCUT2D eigenvalue weighted by molar-refractivity contribution is -0.276. The molecule has 1 unspecified atom stereocenters. The number of β-amino-alcohol motifs (C(OH)–C–C–N with tert-alkyl or cyclic N) is 1. The Morgan fingerprint density at radius 2 is 1.59 bits per heavy atom. The first kappa shape index (κ1) is 23.2. The first-order valence-electron chi connectivity index (χ1n) is 9.19. The Bertz CT molecular complexity index is 1080. The molecule has 2 aliphatic heterocycles. The molecule has 2 aliphatic rings. The summed E-state index contributed by atoms with van der Waals surface area (Å²) in [6, 6.07) is 7.02. The second-order valence-corrected chi connectivity index (χ2v) is 8.45. The lowest BCUT2D eigenvalue weighted by Gasteiger charge is -2.38. The quantitative estimate of drug-likeness (QED) is 0.558. The summed E-state index contributed by atoms with van der Waals surface area (Å²) in [5.41, 5.74) is -5.88. The minimum atomic E-state index is -5.12. The van der Waals surface area contributed by atoms with Gasteiger partial charge in [-0.25, -0.2) is 0 Å². The van der Waals surface area contributed by atoms with Gasteiger partial charge in [-0.1, -0.05) is 52.6 Å². The maximum absolute atomic E-state index is 14.1. The third-order valence-corrected chi connectivity index (χ3v) is 6.38. The standard InChI is InChI=1S/C20H14Cl2F6N2O2/c21-14-6-12(5-13(16(14)22)19(23,24)25)18(20(26,27)28)7-15(30-32-18)10-1-3-11(4-2-10)17(31)8-29-9-17/h1-6,29,31H,7-9H2. The summed E-state index contributed by atoms with van der Waals surface area (Å²) < 4.78 is 82.3. The molecule has 2 aromatic carbocycles. The Labute approximate surface area is 187 Å². The van der Waals surface area contributed by atoms with E-state index in [-0.39, 0.29) is 17.3 Å². The van der Waals surface area contributed by atoms with E-state index >= 15 is 0 Å². The van der Waals surface area contributed by atoms with E-state index in [1.54, 1.807) is 12.1 Å². The summed E-state index contributed by atoms with van der Waals surface area (Å²) in [6.45, 7) is 0.679. The molecule has 172 valence electrons. The van der Waals surface area contributed by atoms with Crippen molar-refractivity contribution in [1.29, 1.82) is 0 Å². The highest BCUT2D eigenvalue weighted by Crippen LogP contribution is 2.51. The molecule has 0 bridgehead atoms. The monoisotopic (exact) mass is 498 g/mol. The molecule has 0 aromatic heterocycles. The first-order chi connectivity index (χ1) is 14.8. The van der Waals surface area contributed by atoms with E-state index in [0.29, 0.717) is 24.7 Å². The number of oxime groups is 1. The fourth-order valence-corrected chi connectivity index (χ4v) is 4.06. The molecule has 2 N–H and O–H groups in total. The van der Waals surface area contributed by atoms with Gasteiger partial charge in [0.25, 0.3) is 5.60 Å². The molecule has 0 saturated carbocycles. The van der Waals surface area contributed by atoms with Gasteiger partial charge in [0, 0.05) is 25.1 Å². The van der Waals surface area contributed by atoms with E-state index in [1.807, 2.05) is 0 Å². The van der Waals surface area contributed by atoms with Crippen molar-refractivity contribution in [1.82, 2.24) is 5.32 Å². The Morgan fingerprint density at radius 1 is 0.969 bits per heavy atom. The van der Waals surface area contributed by atoms with Gasteiger partial charge in [-0.2, -0.15) is 26.3 Å². The first-order valence-corrected chi connectivity index (χ1v) is 9.95. The largest absolute Gasteiger partial charge is 0.435 e. The molecule has 0 spiro atoms. The molecular weight excluding hydrogens is 485 g/mol. The van der Waals surface area contributed by atoms with Crippen LogP contribution in [0.15, 0.2) is 41.6 Å². The van der Waals surface area contributed by atoms with Gasteiger partial charge in [0.05, 0.1) is 21.3 Å². The molecule has 1 fully saturated rings. The Hall–Kier alpha value is -2.01. The Balaban J connectivity index is 1.71. The fraction of sp³-hybridized carbons (Fsp3) is 0.350. The molecule has 0 aliphatic carbocycles. The molecule has 1 saturated heterocycles. The highest BCUT2D eigenvalue weighted by molar-refractivity contribution is 6.42. The van der Waals surface area contributed by atoms with Crippen LogP contribution in [-0.2, 0) is 22.2 Å². The van der Waals surface area contributed by atoms with E-state index in [9.17, 15) is 31.4 Å². The van der Waals surface area contributed by atoms with Gasteiger partial charge in [-0.3, -0.25) is 0 Å². The van der Waals surface area contributed by atoms with Crippen LogP contribution in [0.5, 0.6) is 0 Å². The summed E-state index contributed by atoms with van der Waals surface area (Å²) in [6.07, 6.45) is -11.0. The number of halogens is 8. The zero-order valence-electron chi connectivity index (χ0n) is 15.9. The molecule has 2 heterocycles. The number of alkyl halides is 6. The second kappa shape index (κ2) is 7.51. The second-order valence-electron chi connectivity index (χ2n) is 7.66. The van der Waals surface area contributed by atoms with Crippen LogP contribution < -0.4 is 5.32 Å². The molecule has 4 nitrogen and oxygen atoms in total. The number of nitrogens with one attached hydrogen (secondary N) is 1. The molecule has 12 heteroatoms. The predicted octanol–water partition coefficient (Wildman–Crippen LogP) is 5.39. The van der Waals surface area contributed by atoms with Crippen LogP contribution in [0.4, 0.5) is 26.3 Å². The smallest absolute Gasteiger partial charge is 0.382 e. The zero-order valence-corrected chi connectivity index (χ0v) is 17.4. The van der Waals surface area contributed by atoms with Crippen molar-refractivity contribution in [3.8, 4) is 0 Å². The van der Waals surface area contributed by atoms with Gasteiger partial charge in [0.2, 0.25) is 0 Å². The average molecular weight is 499 g/mol. The van der Waals surface area contributed by atoms with Crippen LogP contribution in [0.3, 0.4) is 0 Å². The molecule has 4 rings (SSSR count). The van der Waals surface area contributed by atoms with Crippen molar-refractivity contribution in [2.45, 2.75) is 30.0 Å². The molecule has 0 amide bonds. The van der Waals surface area contributed by atoms with Gasteiger partial charge in [0.1, 0.15) is 5.60 Å². The van der Waals surface area contributed by atoms with Crippen molar-refractivity contribution in [2.75, 3.05) is 13.1 Å². The van der Waals surface area contributed by atoms with E-state index < -0.39 is 51.1 Å². The maximum Gasteiger partial charge on any atom is 0.435 e. The van der Waals surface area contributed by atoms with E-state index in [4.69, 9.17) is 28.0 Å². The highest BCUT2D eigenvalue weighted by Gasteiger charge is 2.63. The highest BCUT2D eigenvalue weighted by atomic mass is 35.5. The number of aliphatic hydroxyl groups is 1. The topological polar surface area (TPSA) is 53.9 Å². The number of benzene rings is 2. The van der Waals surface area contributed by atoms with Crippen molar-refractivity contribution in [2.24, 2.45) is 5.16 Å². The summed E-state index contributed by atoms with van der Waals surface area (Å²) in [4.78, 5) is 4.79. The lowest BCUT2D eigenvalue weighted by atomic mass is 9.84. The molecule has 32 heavy (non-hydrogen) atoms. The Kier molecular flexibility index (Phi) is 5.44. The van der Waals surface area contributed by atoms with Gasteiger partial charge in [0.15, 0.2) is 0 Å². The van der Waals surface area contributed by atoms with Gasteiger partial charge in [-0.15, -0.1) is 0 Å². The summed E-state index contributed by atoms with van der Waals surface area (Å²) in [5, 5.41) is 15.2. The van der Waals surface area contributed by atoms with Crippen molar-refractivity contribution < 1.29 is 36.3 Å². The van der Waals surface area contributed by atoms with Gasteiger partial charge >= 0.3 is 12.4 Å². The molecule has 1 atom stereocenters. The molecule has 0 radical (unpaired) electrons. The van der Waals surface area contributed by atoms with Gasteiger partial charge < -0.3 is 15.3 Å². The van der Waals surface area contributed by atoms with Crippen LogP contribution in [0.2, 0.25) is 10.0 Å². The fourth-order valence-electron chi connectivity index (χ4n) is 3.63. The molecular formula is C20H14Cl2F6N2O2. The van der Waals surface area contributed by atoms with E-state index in [0.717, 1.165) is 0 Å². The van der Waals surface area contributed by atoms with Crippen molar-refractivity contribution >= 4 is 28.9 Å². The third-order valence-electron chi connectivity index (χ3n) is 5.58. The normalized spacial score (nSPS) is 22.8. The van der Waals surface area contributed by atoms with Crippen molar-refractivity contribution in [3.63, 3.8) is 0 Å². The number of hydrogen-bond donors (Lipinski definition) is 2. The lowest BCUT2D eigenvalue weighted by Crippen LogP contribution is -2.56. The summed E-state index contributed by atoms with van der Waals surface area (Å²) in [5.74, 6) is 0. The third kappa shape index (κ3) is 3.72. The minimum absolute atomic E-state index is 0.118. The predicted molar refractivity (Wildman–Crippen MR) is 105 cm³/mol. The number of nitrogens with zero attached hydrogens (tertiary/aromatic N) is 1.